The first-order chi connectivity index (χ1) is 7.54. The number of hydrogen-bond donors (Lipinski definition) is 4. The highest BCUT2D eigenvalue weighted by atomic mass is 79.9. The minimum Gasteiger partial charge on any atom is -0.504 e. The molecule has 0 aliphatic carbocycles. The second-order valence-corrected chi connectivity index (χ2v) is 4.18. The molecule has 0 saturated carbocycles. The van der Waals surface area contributed by atoms with Crippen molar-refractivity contribution in [3.63, 3.8) is 0 Å². The first-order valence-corrected chi connectivity index (χ1v) is 5.45. The number of phenols is 1. The van der Waals surface area contributed by atoms with Crippen molar-refractivity contribution in [2.75, 3.05) is 7.11 Å². The number of nitrogens with two attached hydrogens (primary N) is 1. The molecule has 86 valence electrons. The molecule has 5 nitrogen and oxygen atoms in total. The molecule has 16 heavy (non-hydrogen) atoms. The Hall–Kier alpha value is -1.34. The van der Waals surface area contributed by atoms with Crippen molar-refractivity contribution in [3.8, 4) is 11.5 Å². The Morgan fingerprint density at radius 3 is 2.94 bits per heavy atom. The largest absolute Gasteiger partial charge is 0.504 e. The molecule has 1 aromatic rings. The van der Waals surface area contributed by atoms with E-state index in [-0.39, 0.29) is 10.9 Å². The van der Waals surface area contributed by atoms with Crippen LogP contribution in [-0.4, -0.2) is 23.5 Å². The maximum atomic E-state index is 9.77. The molecule has 0 unspecified atom stereocenters. The van der Waals surface area contributed by atoms with Crippen LogP contribution in [0, 0.1) is 0 Å². The topological polar surface area (TPSA) is 81.5 Å². The third-order valence-corrected chi connectivity index (χ3v) is 2.27. The zero-order chi connectivity index (χ0) is 12.1. The molecule has 1 rings (SSSR count). The van der Waals surface area contributed by atoms with E-state index in [1.54, 1.807) is 12.1 Å². The van der Waals surface area contributed by atoms with E-state index in [0.29, 0.717) is 11.3 Å². The van der Waals surface area contributed by atoms with Gasteiger partial charge in [-0.3, -0.25) is 0 Å². The molecule has 0 radical (unpaired) electrons. The molecule has 0 saturated heterocycles. The zero-order valence-corrected chi connectivity index (χ0v) is 10.9. The fraction of sp³-hybridized carbons (Fsp3) is 0.111. The van der Waals surface area contributed by atoms with Crippen LogP contribution >= 0.6 is 28.1 Å². The Labute approximate surface area is 106 Å². The van der Waals surface area contributed by atoms with Crippen LogP contribution in [-0.2, 0) is 0 Å². The average molecular weight is 305 g/mol. The number of ether oxygens (including phenoxy) is 1. The van der Waals surface area contributed by atoms with E-state index < -0.39 is 0 Å². The molecule has 0 heterocycles. The lowest BCUT2D eigenvalue weighted by Crippen LogP contribution is -2.82. The van der Waals surface area contributed by atoms with E-state index in [2.05, 4.69) is 38.7 Å². The van der Waals surface area contributed by atoms with E-state index in [4.69, 9.17) is 10.5 Å². The summed E-state index contributed by atoms with van der Waals surface area (Å²) in [4.78, 5) is 0. The normalized spacial score (nSPS) is 10.4. The van der Waals surface area contributed by atoms with Crippen LogP contribution in [0.2, 0.25) is 0 Å². The van der Waals surface area contributed by atoms with Crippen LogP contribution < -0.4 is 21.0 Å². The Morgan fingerprint density at radius 1 is 1.69 bits per heavy atom. The quantitative estimate of drug-likeness (QED) is 0.341. The lowest BCUT2D eigenvalue weighted by molar-refractivity contribution is -0.499. The van der Waals surface area contributed by atoms with Gasteiger partial charge < -0.3 is 15.6 Å². The summed E-state index contributed by atoms with van der Waals surface area (Å²) in [5, 5.41) is 12.5. The fourth-order valence-corrected chi connectivity index (χ4v) is 1.56. The van der Waals surface area contributed by atoms with Gasteiger partial charge >= 0.3 is 0 Å². The van der Waals surface area contributed by atoms with Crippen LogP contribution in [0.5, 0.6) is 11.5 Å². The van der Waals surface area contributed by atoms with Crippen molar-refractivity contribution in [2.45, 2.75) is 0 Å². The number of benzene rings is 1. The number of rotatable bonds is 3. The van der Waals surface area contributed by atoms with Gasteiger partial charge in [-0.25, -0.2) is 0 Å². The van der Waals surface area contributed by atoms with Gasteiger partial charge in [0.1, 0.15) is 0 Å². The minimum absolute atomic E-state index is 0.0305. The monoisotopic (exact) mass is 304 g/mol. The van der Waals surface area contributed by atoms with Crippen LogP contribution in [0.25, 0.3) is 0 Å². The number of hydrogen-bond acceptors (Lipinski definition) is 3. The molecule has 1 aromatic carbocycles. The highest BCUT2D eigenvalue weighted by molar-refractivity contribution is 9.10. The Balaban J connectivity index is 2.99. The summed E-state index contributed by atoms with van der Waals surface area (Å²) in [6.45, 7) is 0. The van der Waals surface area contributed by atoms with E-state index in [1.165, 1.54) is 13.3 Å². The van der Waals surface area contributed by atoms with Gasteiger partial charge in [-0.2, -0.15) is 0 Å². The molecular formula is C9H11BrN3O2S+. The number of methoxy groups -OCH3 is 1. The van der Waals surface area contributed by atoms with Crippen molar-refractivity contribution >= 4 is 39.5 Å². The van der Waals surface area contributed by atoms with Gasteiger partial charge in [0, 0.05) is 4.47 Å². The van der Waals surface area contributed by atoms with E-state index in [1.807, 2.05) is 0 Å². The van der Waals surface area contributed by atoms with E-state index in [0.717, 1.165) is 4.47 Å². The first-order valence-electron chi connectivity index (χ1n) is 4.25. The molecule has 0 atom stereocenters. The Kier molecular flexibility index (Phi) is 4.51. The van der Waals surface area contributed by atoms with Gasteiger partial charge in [0.25, 0.3) is 0 Å². The molecule has 0 fully saturated rings. The van der Waals surface area contributed by atoms with E-state index >= 15 is 0 Å². The van der Waals surface area contributed by atoms with Crippen molar-refractivity contribution in [2.24, 2.45) is 5.73 Å². The van der Waals surface area contributed by atoms with Gasteiger partial charge in [0.2, 0.25) is 11.3 Å². The van der Waals surface area contributed by atoms with Gasteiger partial charge in [0.05, 0.1) is 12.7 Å². The number of thiocarbonyl (C=S) groups is 1. The standard InChI is InChI=1S/C9H10BrN3O2S/c1-15-7-3-6(10)2-5(8(7)14)4-12-13-9(11)16/h2-4,14H,1H3,(H3,11,13,16)/p+1/b12-4+. The average Bonchev–Trinajstić information content (AvgIpc) is 2.22. The zero-order valence-electron chi connectivity index (χ0n) is 8.45. The lowest BCUT2D eigenvalue weighted by Gasteiger charge is -2.05. The third kappa shape index (κ3) is 3.35. The summed E-state index contributed by atoms with van der Waals surface area (Å²) >= 11 is 7.90. The third-order valence-electron chi connectivity index (χ3n) is 1.71. The highest BCUT2D eigenvalue weighted by Gasteiger charge is 2.09. The highest BCUT2D eigenvalue weighted by Crippen LogP contribution is 2.32. The first kappa shape index (κ1) is 12.7. The number of hydrazone groups is 1. The maximum absolute atomic E-state index is 9.77. The predicted octanol–water partition coefficient (Wildman–Crippen LogP) is -0.589. The number of aromatic hydroxyl groups is 1. The summed E-state index contributed by atoms with van der Waals surface area (Å²) in [5.74, 6) is 0.403. The molecule has 0 aromatic heterocycles. The number of phenolic OH excluding ortho intramolecular Hbond substituents is 1. The van der Waals surface area contributed by atoms with Gasteiger partial charge in [0.15, 0.2) is 11.5 Å². The molecule has 0 aliphatic heterocycles. The summed E-state index contributed by atoms with van der Waals surface area (Å²) < 4.78 is 5.78. The second kappa shape index (κ2) is 5.66. The van der Waals surface area contributed by atoms with Crippen LogP contribution in [0.3, 0.4) is 0 Å². The number of halogens is 1. The molecule has 0 aliphatic rings. The van der Waals surface area contributed by atoms with Crippen LogP contribution in [0.4, 0.5) is 0 Å². The summed E-state index contributed by atoms with van der Waals surface area (Å²) in [6.07, 6.45) is 1.52. The summed E-state index contributed by atoms with van der Waals surface area (Å²) in [5.41, 5.74) is 8.27. The van der Waals surface area contributed by atoms with Crippen molar-refractivity contribution < 1.29 is 14.9 Å². The van der Waals surface area contributed by atoms with Gasteiger partial charge in [-0.05, 0) is 24.4 Å². The fourth-order valence-electron chi connectivity index (χ4n) is 1.05. The predicted molar refractivity (Wildman–Crippen MR) is 68.4 cm³/mol. The molecule has 7 heteroatoms. The SMILES string of the molecule is COc1cc(Br)cc(/C=[NH+]/NC(N)=S)c1O. The Bertz CT molecular complexity index is 437. The van der Waals surface area contributed by atoms with Gasteiger partial charge in [-0.1, -0.05) is 15.9 Å². The Morgan fingerprint density at radius 2 is 2.38 bits per heavy atom. The smallest absolute Gasteiger partial charge is 0.221 e. The van der Waals surface area contributed by atoms with E-state index in [9.17, 15) is 5.11 Å². The molecule has 0 amide bonds. The van der Waals surface area contributed by atoms with Crippen molar-refractivity contribution in [1.82, 2.24) is 5.43 Å². The second-order valence-electron chi connectivity index (χ2n) is 2.82. The molecular weight excluding hydrogens is 294 g/mol. The summed E-state index contributed by atoms with van der Waals surface area (Å²) in [7, 11) is 1.48. The maximum Gasteiger partial charge on any atom is 0.221 e. The molecule has 0 spiro atoms. The van der Waals surface area contributed by atoms with Gasteiger partial charge in [-0.15, -0.1) is 10.5 Å². The van der Waals surface area contributed by atoms with Crippen molar-refractivity contribution in [1.29, 1.82) is 0 Å². The summed E-state index contributed by atoms with van der Waals surface area (Å²) in [6, 6.07) is 3.37. The number of hydrazine groups is 1. The van der Waals surface area contributed by atoms with Crippen LogP contribution in [0.1, 0.15) is 5.56 Å². The molecule has 5 N–H and O–H groups in total. The lowest BCUT2D eigenvalue weighted by atomic mass is 10.2. The number of nitrogens with one attached hydrogen (secondary N) is 2. The van der Waals surface area contributed by atoms with Crippen molar-refractivity contribution in [3.05, 3.63) is 22.2 Å². The molecule has 0 bridgehead atoms. The van der Waals surface area contributed by atoms with Crippen LogP contribution in [0.15, 0.2) is 16.6 Å². The minimum atomic E-state index is 0.0305.